The lowest BCUT2D eigenvalue weighted by Gasteiger charge is -2.08. The van der Waals surface area contributed by atoms with Crippen molar-refractivity contribution in [2.24, 2.45) is 5.92 Å². The number of benzene rings is 2. The van der Waals surface area contributed by atoms with E-state index in [1.165, 1.54) is 18.4 Å². The molecule has 0 saturated heterocycles. The molecule has 132 valence electrons. The van der Waals surface area contributed by atoms with Crippen molar-refractivity contribution in [2.75, 3.05) is 11.5 Å². The second-order valence-electron chi connectivity index (χ2n) is 7.04. The summed E-state index contributed by atoms with van der Waals surface area (Å²) in [5, 5.41) is 1.89. The standard InChI is InChI=1S/C22H19N5/c23-21-20-17-11-12-27(19(17)10-9-18(20)25-22(24)26-21)13-16-7-5-15(6-8-16)4-3-14-1-2-14/h5-12,14H,1-2,13H2,(H4,23,24,25,26). The summed E-state index contributed by atoms with van der Waals surface area (Å²) in [5.41, 5.74) is 16.0. The quantitative estimate of drug-likeness (QED) is 0.540. The summed E-state index contributed by atoms with van der Waals surface area (Å²) in [6.45, 7) is 0.779. The zero-order chi connectivity index (χ0) is 18.4. The average molecular weight is 353 g/mol. The lowest BCUT2D eigenvalue weighted by atomic mass is 10.1. The van der Waals surface area contributed by atoms with Crippen LogP contribution in [0.1, 0.15) is 24.0 Å². The minimum atomic E-state index is 0.198. The number of rotatable bonds is 2. The number of anilines is 2. The highest BCUT2D eigenvalue weighted by Gasteiger charge is 2.17. The summed E-state index contributed by atoms with van der Waals surface area (Å²) in [6, 6.07) is 14.5. The zero-order valence-corrected chi connectivity index (χ0v) is 14.8. The van der Waals surface area contributed by atoms with E-state index in [0.29, 0.717) is 11.7 Å². The van der Waals surface area contributed by atoms with Gasteiger partial charge in [0, 0.05) is 35.1 Å². The maximum absolute atomic E-state index is 6.10. The van der Waals surface area contributed by atoms with E-state index in [1.807, 2.05) is 6.07 Å². The second-order valence-corrected chi connectivity index (χ2v) is 7.04. The van der Waals surface area contributed by atoms with Crippen LogP contribution in [0.2, 0.25) is 0 Å². The van der Waals surface area contributed by atoms with Crippen molar-refractivity contribution < 1.29 is 0 Å². The van der Waals surface area contributed by atoms with Crippen molar-refractivity contribution in [3.8, 4) is 11.8 Å². The van der Waals surface area contributed by atoms with Crippen LogP contribution in [0.15, 0.2) is 48.7 Å². The van der Waals surface area contributed by atoms with Gasteiger partial charge in [0.2, 0.25) is 5.95 Å². The third-order valence-corrected chi connectivity index (χ3v) is 4.96. The molecule has 4 N–H and O–H groups in total. The van der Waals surface area contributed by atoms with Gasteiger partial charge in [-0.15, -0.1) is 0 Å². The first kappa shape index (κ1) is 15.7. The smallest absolute Gasteiger partial charge is 0.222 e. The number of aromatic nitrogens is 3. The van der Waals surface area contributed by atoms with E-state index >= 15 is 0 Å². The third kappa shape index (κ3) is 2.96. The van der Waals surface area contributed by atoms with Gasteiger partial charge in [-0.1, -0.05) is 24.0 Å². The molecule has 5 heteroatoms. The van der Waals surface area contributed by atoms with Gasteiger partial charge >= 0.3 is 0 Å². The molecule has 5 nitrogen and oxygen atoms in total. The van der Waals surface area contributed by atoms with Crippen LogP contribution in [-0.2, 0) is 6.54 Å². The summed E-state index contributed by atoms with van der Waals surface area (Å²) in [6.07, 6.45) is 4.58. The molecule has 0 bridgehead atoms. The van der Waals surface area contributed by atoms with Crippen LogP contribution in [0.4, 0.5) is 11.8 Å². The molecule has 0 unspecified atom stereocenters. The SMILES string of the molecule is Nc1nc(N)c2c(ccc3c2ccn3Cc2ccc(C#CC3CC3)cc2)n1. The summed E-state index contributed by atoms with van der Waals surface area (Å²) in [4.78, 5) is 8.40. The minimum absolute atomic E-state index is 0.198. The van der Waals surface area contributed by atoms with E-state index in [-0.39, 0.29) is 5.95 Å². The van der Waals surface area contributed by atoms with Gasteiger partial charge in [-0.05, 0) is 48.7 Å². The minimum Gasteiger partial charge on any atom is -0.383 e. The molecule has 0 amide bonds. The van der Waals surface area contributed by atoms with Crippen molar-refractivity contribution in [3.05, 3.63) is 59.8 Å². The molecule has 2 aromatic heterocycles. The van der Waals surface area contributed by atoms with Crippen LogP contribution < -0.4 is 11.5 Å². The topological polar surface area (TPSA) is 82.7 Å². The normalized spacial score (nSPS) is 13.6. The van der Waals surface area contributed by atoms with Crippen molar-refractivity contribution in [1.82, 2.24) is 14.5 Å². The number of hydrogen-bond acceptors (Lipinski definition) is 4. The number of fused-ring (bicyclic) bond motifs is 3. The van der Waals surface area contributed by atoms with E-state index < -0.39 is 0 Å². The Morgan fingerprint density at radius 2 is 1.81 bits per heavy atom. The molecule has 0 radical (unpaired) electrons. The van der Waals surface area contributed by atoms with Gasteiger partial charge in [0.25, 0.3) is 0 Å². The fraction of sp³-hybridized carbons (Fsp3) is 0.182. The Morgan fingerprint density at radius 1 is 1.00 bits per heavy atom. The highest BCUT2D eigenvalue weighted by molar-refractivity contribution is 6.10. The van der Waals surface area contributed by atoms with Crippen molar-refractivity contribution in [1.29, 1.82) is 0 Å². The summed E-state index contributed by atoms with van der Waals surface area (Å²) in [5.74, 6) is 7.80. The highest BCUT2D eigenvalue weighted by atomic mass is 15.0. The van der Waals surface area contributed by atoms with Gasteiger partial charge in [-0.25, -0.2) is 4.98 Å². The Hall–Kier alpha value is -3.52. The Labute approximate surface area is 157 Å². The molecule has 1 saturated carbocycles. The van der Waals surface area contributed by atoms with Crippen LogP contribution in [-0.4, -0.2) is 14.5 Å². The zero-order valence-electron chi connectivity index (χ0n) is 14.8. The summed E-state index contributed by atoms with van der Waals surface area (Å²) >= 11 is 0. The van der Waals surface area contributed by atoms with Crippen LogP contribution in [0.3, 0.4) is 0 Å². The molecule has 0 atom stereocenters. The lowest BCUT2D eigenvalue weighted by molar-refractivity contribution is 0.837. The van der Waals surface area contributed by atoms with Crippen LogP contribution >= 0.6 is 0 Å². The molecule has 1 aliphatic rings. The fourth-order valence-electron chi connectivity index (χ4n) is 3.39. The van der Waals surface area contributed by atoms with Crippen molar-refractivity contribution in [2.45, 2.75) is 19.4 Å². The predicted octanol–water partition coefficient (Wildman–Crippen LogP) is 3.56. The third-order valence-electron chi connectivity index (χ3n) is 4.96. The van der Waals surface area contributed by atoms with Gasteiger partial charge < -0.3 is 16.0 Å². The first-order valence-electron chi connectivity index (χ1n) is 9.08. The second kappa shape index (κ2) is 6.03. The molecule has 5 rings (SSSR count). The predicted molar refractivity (Wildman–Crippen MR) is 109 cm³/mol. The molecule has 0 aliphatic heterocycles. The van der Waals surface area contributed by atoms with Gasteiger partial charge in [0.05, 0.1) is 10.9 Å². The Morgan fingerprint density at radius 3 is 2.59 bits per heavy atom. The first-order valence-corrected chi connectivity index (χ1v) is 9.08. The summed E-state index contributed by atoms with van der Waals surface area (Å²) < 4.78 is 2.20. The van der Waals surface area contributed by atoms with E-state index in [0.717, 1.165) is 33.9 Å². The maximum Gasteiger partial charge on any atom is 0.222 e. The number of nitrogens with zero attached hydrogens (tertiary/aromatic N) is 3. The Bertz CT molecular complexity index is 1220. The number of hydrogen-bond donors (Lipinski definition) is 2. The fourth-order valence-corrected chi connectivity index (χ4v) is 3.39. The first-order chi connectivity index (χ1) is 13.2. The van der Waals surface area contributed by atoms with Crippen LogP contribution in [0.5, 0.6) is 0 Å². The number of nitrogen functional groups attached to an aromatic ring is 2. The van der Waals surface area contributed by atoms with Gasteiger partial charge in [-0.3, -0.25) is 0 Å². The summed E-state index contributed by atoms with van der Waals surface area (Å²) in [7, 11) is 0. The Kier molecular flexibility index (Phi) is 3.51. The average Bonchev–Trinajstić information content (AvgIpc) is 3.41. The maximum atomic E-state index is 6.10. The highest BCUT2D eigenvalue weighted by Crippen LogP contribution is 2.30. The Balaban J connectivity index is 1.48. The molecule has 2 heterocycles. The van der Waals surface area contributed by atoms with E-state index in [9.17, 15) is 0 Å². The van der Waals surface area contributed by atoms with Gasteiger partial charge in [0.1, 0.15) is 5.82 Å². The number of nitrogens with two attached hydrogens (primary N) is 2. The molecule has 1 aliphatic carbocycles. The lowest BCUT2D eigenvalue weighted by Crippen LogP contribution is -2.01. The van der Waals surface area contributed by atoms with E-state index in [1.54, 1.807) is 0 Å². The molecular weight excluding hydrogens is 334 g/mol. The van der Waals surface area contributed by atoms with E-state index in [2.05, 4.69) is 69.0 Å². The van der Waals surface area contributed by atoms with Gasteiger partial charge in [0.15, 0.2) is 0 Å². The molecule has 0 spiro atoms. The largest absolute Gasteiger partial charge is 0.383 e. The van der Waals surface area contributed by atoms with E-state index in [4.69, 9.17) is 11.5 Å². The molecule has 4 aromatic rings. The molecular formula is C22H19N5. The van der Waals surface area contributed by atoms with Crippen molar-refractivity contribution in [3.63, 3.8) is 0 Å². The van der Waals surface area contributed by atoms with Gasteiger partial charge in [-0.2, -0.15) is 4.98 Å². The van der Waals surface area contributed by atoms with Crippen molar-refractivity contribution >= 4 is 33.6 Å². The molecule has 1 fully saturated rings. The molecule has 2 aromatic carbocycles. The monoisotopic (exact) mass is 353 g/mol. The van der Waals surface area contributed by atoms with Crippen LogP contribution in [0.25, 0.3) is 21.8 Å². The van der Waals surface area contributed by atoms with Crippen LogP contribution in [0, 0.1) is 17.8 Å². The molecule has 27 heavy (non-hydrogen) atoms.